The van der Waals surface area contributed by atoms with Gasteiger partial charge >= 0.3 is 0 Å². The molecule has 2 aromatic rings. The second kappa shape index (κ2) is 6.67. The van der Waals surface area contributed by atoms with Crippen LogP contribution in [0.15, 0.2) is 36.4 Å². The van der Waals surface area contributed by atoms with E-state index in [9.17, 15) is 0 Å². The average Bonchev–Trinajstić information content (AvgIpc) is 2.55. The summed E-state index contributed by atoms with van der Waals surface area (Å²) < 4.78 is 5.29. The minimum absolute atomic E-state index is 0.601. The molecule has 2 aromatic carbocycles. The van der Waals surface area contributed by atoms with Crippen LogP contribution >= 0.6 is 0 Å². The van der Waals surface area contributed by atoms with E-state index in [-0.39, 0.29) is 0 Å². The Kier molecular flexibility index (Phi) is 4.65. The molecule has 0 aliphatic carbocycles. The Morgan fingerprint density at radius 3 is 2.41 bits per heavy atom. The Balaban J connectivity index is 1.70. The Labute approximate surface area is 133 Å². The van der Waals surface area contributed by atoms with Crippen molar-refractivity contribution in [3.8, 4) is 5.75 Å². The summed E-state index contributed by atoms with van der Waals surface area (Å²) in [6.07, 6.45) is 1.12. The molecular formula is C19H26N2O. The van der Waals surface area contributed by atoms with Crippen LogP contribution in [0, 0.1) is 0 Å². The van der Waals surface area contributed by atoms with Gasteiger partial charge in [-0.25, -0.2) is 0 Å². The van der Waals surface area contributed by atoms with Crippen LogP contribution in [0.3, 0.4) is 0 Å². The summed E-state index contributed by atoms with van der Waals surface area (Å²) >= 11 is 0. The van der Waals surface area contributed by atoms with E-state index >= 15 is 0 Å². The van der Waals surface area contributed by atoms with Crippen molar-refractivity contribution in [1.82, 2.24) is 9.80 Å². The quantitative estimate of drug-likeness (QED) is 0.863. The molecule has 0 bridgehead atoms. The lowest BCUT2D eigenvalue weighted by atomic mass is 10.0. The van der Waals surface area contributed by atoms with Crippen LogP contribution in [-0.2, 0) is 6.42 Å². The molecule has 1 unspecified atom stereocenters. The summed E-state index contributed by atoms with van der Waals surface area (Å²) in [5, 5.41) is 2.54. The summed E-state index contributed by atoms with van der Waals surface area (Å²) in [6, 6.07) is 13.7. The Hall–Kier alpha value is -1.58. The van der Waals surface area contributed by atoms with Crippen LogP contribution in [0.2, 0.25) is 0 Å². The molecule has 3 nitrogen and oxygen atoms in total. The van der Waals surface area contributed by atoms with Crippen molar-refractivity contribution in [2.24, 2.45) is 0 Å². The van der Waals surface area contributed by atoms with Gasteiger partial charge < -0.3 is 9.64 Å². The van der Waals surface area contributed by atoms with Gasteiger partial charge in [0.25, 0.3) is 0 Å². The third kappa shape index (κ3) is 3.42. The second-order valence-corrected chi connectivity index (χ2v) is 6.44. The standard InChI is InChI=1S/C19H26N2O/c1-15(21-10-8-20(2)9-11-21)12-16-4-5-18-14-19(22-3)7-6-17(18)13-16/h4-7,13-15H,8-12H2,1-3H3. The van der Waals surface area contributed by atoms with Gasteiger partial charge in [0.15, 0.2) is 0 Å². The average molecular weight is 298 g/mol. The molecule has 0 saturated carbocycles. The maximum Gasteiger partial charge on any atom is 0.119 e. The van der Waals surface area contributed by atoms with Crippen molar-refractivity contribution in [3.05, 3.63) is 42.0 Å². The lowest BCUT2D eigenvalue weighted by Gasteiger charge is -2.36. The van der Waals surface area contributed by atoms with Crippen molar-refractivity contribution >= 4 is 10.8 Å². The normalized spacial score (nSPS) is 18.5. The predicted octanol–water partition coefficient (Wildman–Crippen LogP) is 3.03. The van der Waals surface area contributed by atoms with Gasteiger partial charge in [0, 0.05) is 32.2 Å². The fourth-order valence-electron chi connectivity index (χ4n) is 3.26. The number of nitrogens with zero attached hydrogens (tertiary/aromatic N) is 2. The molecule has 1 aliphatic heterocycles. The van der Waals surface area contributed by atoms with Crippen LogP contribution in [0.25, 0.3) is 10.8 Å². The maximum atomic E-state index is 5.29. The number of benzene rings is 2. The maximum absolute atomic E-state index is 5.29. The molecule has 118 valence electrons. The SMILES string of the molecule is COc1ccc2cc(CC(C)N3CCN(C)CC3)ccc2c1. The van der Waals surface area contributed by atoms with Gasteiger partial charge in [-0.1, -0.05) is 24.3 Å². The third-order valence-electron chi connectivity index (χ3n) is 4.80. The summed E-state index contributed by atoms with van der Waals surface area (Å²) in [7, 11) is 3.92. The van der Waals surface area contributed by atoms with E-state index in [0.29, 0.717) is 6.04 Å². The molecule has 0 spiro atoms. The monoisotopic (exact) mass is 298 g/mol. The molecule has 0 aromatic heterocycles. The number of fused-ring (bicyclic) bond motifs is 1. The zero-order valence-corrected chi connectivity index (χ0v) is 13.9. The molecule has 3 rings (SSSR count). The highest BCUT2D eigenvalue weighted by Gasteiger charge is 2.19. The van der Waals surface area contributed by atoms with Gasteiger partial charge in [-0.15, -0.1) is 0 Å². The smallest absolute Gasteiger partial charge is 0.119 e. The molecule has 1 heterocycles. The van der Waals surface area contributed by atoms with Crippen molar-refractivity contribution < 1.29 is 4.74 Å². The van der Waals surface area contributed by atoms with Gasteiger partial charge in [-0.2, -0.15) is 0 Å². The molecule has 0 radical (unpaired) electrons. The summed E-state index contributed by atoms with van der Waals surface area (Å²) in [5.41, 5.74) is 1.42. The van der Waals surface area contributed by atoms with Crippen molar-refractivity contribution in [1.29, 1.82) is 0 Å². The van der Waals surface area contributed by atoms with E-state index in [2.05, 4.69) is 54.1 Å². The van der Waals surface area contributed by atoms with Crippen LogP contribution in [-0.4, -0.2) is 56.2 Å². The third-order valence-corrected chi connectivity index (χ3v) is 4.80. The van der Waals surface area contributed by atoms with E-state index in [0.717, 1.165) is 12.2 Å². The van der Waals surface area contributed by atoms with Crippen molar-refractivity contribution in [2.45, 2.75) is 19.4 Å². The first-order chi connectivity index (χ1) is 10.7. The topological polar surface area (TPSA) is 15.7 Å². The van der Waals surface area contributed by atoms with Gasteiger partial charge in [-0.3, -0.25) is 4.90 Å². The Morgan fingerprint density at radius 2 is 1.68 bits per heavy atom. The number of rotatable bonds is 4. The molecule has 1 atom stereocenters. The van der Waals surface area contributed by atoms with E-state index in [4.69, 9.17) is 4.74 Å². The van der Waals surface area contributed by atoms with Gasteiger partial charge in [0.1, 0.15) is 5.75 Å². The van der Waals surface area contributed by atoms with E-state index in [1.807, 2.05) is 6.07 Å². The van der Waals surface area contributed by atoms with Crippen LogP contribution in [0.1, 0.15) is 12.5 Å². The molecule has 1 saturated heterocycles. The Bertz CT molecular complexity index is 632. The van der Waals surface area contributed by atoms with Crippen molar-refractivity contribution in [3.63, 3.8) is 0 Å². The number of likely N-dealkylation sites (N-methyl/N-ethyl adjacent to an activating group) is 1. The van der Waals surface area contributed by atoms with E-state index in [1.54, 1.807) is 7.11 Å². The molecule has 1 aliphatic rings. The number of hydrogen-bond donors (Lipinski definition) is 0. The molecule has 0 amide bonds. The summed E-state index contributed by atoms with van der Waals surface area (Å²) in [4.78, 5) is 5.02. The van der Waals surface area contributed by atoms with Gasteiger partial charge in [-0.05, 0) is 48.9 Å². The lowest BCUT2D eigenvalue weighted by Crippen LogP contribution is -2.48. The first-order valence-corrected chi connectivity index (χ1v) is 8.15. The van der Waals surface area contributed by atoms with E-state index < -0.39 is 0 Å². The molecular weight excluding hydrogens is 272 g/mol. The van der Waals surface area contributed by atoms with Crippen LogP contribution in [0.5, 0.6) is 5.75 Å². The minimum atomic E-state index is 0.601. The Morgan fingerprint density at radius 1 is 1.00 bits per heavy atom. The fourth-order valence-corrected chi connectivity index (χ4v) is 3.26. The summed E-state index contributed by atoms with van der Waals surface area (Å²) in [6.45, 7) is 7.08. The zero-order chi connectivity index (χ0) is 15.5. The first kappa shape index (κ1) is 15.3. The number of hydrogen-bond acceptors (Lipinski definition) is 3. The highest BCUT2D eigenvalue weighted by Crippen LogP contribution is 2.23. The highest BCUT2D eigenvalue weighted by atomic mass is 16.5. The highest BCUT2D eigenvalue weighted by molar-refractivity contribution is 5.84. The fraction of sp³-hybridized carbons (Fsp3) is 0.474. The second-order valence-electron chi connectivity index (χ2n) is 6.44. The van der Waals surface area contributed by atoms with E-state index in [1.165, 1.54) is 42.5 Å². The molecule has 0 N–H and O–H groups in total. The number of ether oxygens (including phenoxy) is 1. The lowest BCUT2D eigenvalue weighted by molar-refractivity contribution is 0.118. The molecule has 3 heteroatoms. The minimum Gasteiger partial charge on any atom is -0.497 e. The van der Waals surface area contributed by atoms with Crippen LogP contribution < -0.4 is 4.74 Å². The number of methoxy groups -OCH3 is 1. The summed E-state index contributed by atoms with van der Waals surface area (Å²) in [5.74, 6) is 0.922. The zero-order valence-electron chi connectivity index (χ0n) is 13.9. The predicted molar refractivity (Wildman–Crippen MR) is 92.7 cm³/mol. The van der Waals surface area contributed by atoms with Gasteiger partial charge in [0.2, 0.25) is 0 Å². The number of piperazine rings is 1. The molecule has 22 heavy (non-hydrogen) atoms. The first-order valence-electron chi connectivity index (χ1n) is 8.15. The largest absolute Gasteiger partial charge is 0.497 e. The van der Waals surface area contributed by atoms with Gasteiger partial charge in [0.05, 0.1) is 7.11 Å². The van der Waals surface area contributed by atoms with Crippen molar-refractivity contribution in [2.75, 3.05) is 40.3 Å². The molecule has 1 fully saturated rings. The van der Waals surface area contributed by atoms with Crippen LogP contribution in [0.4, 0.5) is 0 Å².